The van der Waals surface area contributed by atoms with Crippen molar-refractivity contribution in [3.8, 4) is 11.5 Å². The molecule has 0 aliphatic heterocycles. The highest BCUT2D eigenvalue weighted by molar-refractivity contribution is 5.76. The first kappa shape index (κ1) is 17.3. The second-order valence-electron chi connectivity index (χ2n) is 4.92. The summed E-state index contributed by atoms with van der Waals surface area (Å²) in [7, 11) is 3.40. The first-order chi connectivity index (χ1) is 10.0. The van der Waals surface area contributed by atoms with Gasteiger partial charge in [0.25, 0.3) is 0 Å². The molecule has 1 atom stereocenters. The molecule has 0 spiro atoms. The Hall–Kier alpha value is -1.75. The zero-order valence-electron chi connectivity index (χ0n) is 13.3. The topological polar surface area (TPSA) is 59.0 Å². The lowest BCUT2D eigenvalue weighted by atomic mass is 10.0. The van der Waals surface area contributed by atoms with Crippen molar-refractivity contribution in [2.24, 2.45) is 0 Å². The van der Waals surface area contributed by atoms with E-state index in [0.717, 1.165) is 19.4 Å². The number of carboxylic acid groups (broad SMARTS) is 1. The minimum absolute atomic E-state index is 0.503. The molecule has 1 aromatic rings. The highest BCUT2D eigenvalue weighted by atomic mass is 16.5. The third kappa shape index (κ3) is 4.63. The SMILES string of the molecule is CCCCN(C)C(C(=O)O)c1ccc(OC)c(OCC)c1. The van der Waals surface area contributed by atoms with Gasteiger partial charge in [-0.1, -0.05) is 19.4 Å². The van der Waals surface area contributed by atoms with Crippen molar-refractivity contribution >= 4 is 5.97 Å². The van der Waals surface area contributed by atoms with Gasteiger partial charge in [0.1, 0.15) is 6.04 Å². The molecule has 118 valence electrons. The van der Waals surface area contributed by atoms with Gasteiger partial charge in [0.2, 0.25) is 0 Å². The third-order valence-electron chi connectivity index (χ3n) is 3.34. The second kappa shape index (κ2) is 8.52. The van der Waals surface area contributed by atoms with Crippen LogP contribution < -0.4 is 9.47 Å². The molecular weight excluding hydrogens is 270 g/mol. The number of methoxy groups -OCH3 is 1. The molecule has 21 heavy (non-hydrogen) atoms. The minimum Gasteiger partial charge on any atom is -0.493 e. The predicted octanol–water partition coefficient (Wildman–Crippen LogP) is 2.95. The van der Waals surface area contributed by atoms with Crippen LogP contribution in [0, 0.1) is 0 Å². The Morgan fingerprint density at radius 1 is 1.33 bits per heavy atom. The van der Waals surface area contributed by atoms with Gasteiger partial charge in [-0.15, -0.1) is 0 Å². The van der Waals surface area contributed by atoms with Gasteiger partial charge in [-0.3, -0.25) is 9.69 Å². The van der Waals surface area contributed by atoms with E-state index in [9.17, 15) is 9.90 Å². The summed E-state index contributed by atoms with van der Waals surface area (Å²) in [5, 5.41) is 9.53. The van der Waals surface area contributed by atoms with Gasteiger partial charge >= 0.3 is 5.97 Å². The number of aliphatic carboxylic acids is 1. The number of carboxylic acids is 1. The van der Waals surface area contributed by atoms with E-state index in [4.69, 9.17) is 9.47 Å². The Balaban J connectivity index is 3.07. The van der Waals surface area contributed by atoms with Crippen LogP contribution in [0.2, 0.25) is 0 Å². The van der Waals surface area contributed by atoms with E-state index in [1.165, 1.54) is 0 Å². The Labute approximate surface area is 126 Å². The molecule has 5 nitrogen and oxygen atoms in total. The summed E-state index contributed by atoms with van der Waals surface area (Å²) in [6.07, 6.45) is 2.00. The molecule has 0 fully saturated rings. The van der Waals surface area contributed by atoms with Crippen LogP contribution in [0.1, 0.15) is 38.3 Å². The van der Waals surface area contributed by atoms with Gasteiger partial charge in [0.05, 0.1) is 13.7 Å². The summed E-state index contributed by atoms with van der Waals surface area (Å²) in [6.45, 7) is 5.21. The first-order valence-corrected chi connectivity index (χ1v) is 7.28. The van der Waals surface area contributed by atoms with Crippen molar-refractivity contribution in [2.45, 2.75) is 32.7 Å². The van der Waals surface area contributed by atoms with Crippen LogP contribution in [-0.2, 0) is 4.79 Å². The van der Waals surface area contributed by atoms with Gasteiger partial charge in [-0.2, -0.15) is 0 Å². The van der Waals surface area contributed by atoms with E-state index in [-0.39, 0.29) is 0 Å². The van der Waals surface area contributed by atoms with Crippen LogP contribution in [-0.4, -0.2) is 43.3 Å². The number of hydrogen-bond acceptors (Lipinski definition) is 4. The van der Waals surface area contributed by atoms with E-state index in [2.05, 4.69) is 6.92 Å². The smallest absolute Gasteiger partial charge is 0.325 e. The van der Waals surface area contributed by atoms with Crippen molar-refractivity contribution in [1.82, 2.24) is 4.90 Å². The second-order valence-corrected chi connectivity index (χ2v) is 4.92. The minimum atomic E-state index is -0.860. The zero-order chi connectivity index (χ0) is 15.8. The quantitative estimate of drug-likeness (QED) is 0.759. The fraction of sp³-hybridized carbons (Fsp3) is 0.562. The van der Waals surface area contributed by atoms with E-state index < -0.39 is 12.0 Å². The Kier molecular flexibility index (Phi) is 7.02. The largest absolute Gasteiger partial charge is 0.493 e. The summed E-state index contributed by atoms with van der Waals surface area (Å²) in [5.74, 6) is 0.329. The summed E-state index contributed by atoms with van der Waals surface area (Å²) in [6, 6.07) is 4.61. The number of benzene rings is 1. The fourth-order valence-corrected chi connectivity index (χ4v) is 2.25. The molecule has 1 aromatic carbocycles. The summed E-state index contributed by atoms with van der Waals surface area (Å²) < 4.78 is 10.8. The number of nitrogens with zero attached hydrogens (tertiary/aromatic N) is 1. The maximum absolute atomic E-state index is 11.6. The highest BCUT2D eigenvalue weighted by Crippen LogP contribution is 2.32. The van der Waals surface area contributed by atoms with Crippen LogP contribution in [0.25, 0.3) is 0 Å². The van der Waals surface area contributed by atoms with E-state index in [1.54, 1.807) is 25.3 Å². The van der Waals surface area contributed by atoms with Gasteiger partial charge < -0.3 is 14.6 Å². The van der Waals surface area contributed by atoms with Crippen molar-refractivity contribution in [2.75, 3.05) is 27.3 Å². The molecule has 0 saturated heterocycles. The maximum atomic E-state index is 11.6. The Morgan fingerprint density at radius 2 is 2.05 bits per heavy atom. The number of likely N-dealkylation sites (N-methyl/N-ethyl adjacent to an activating group) is 1. The number of unbranched alkanes of at least 4 members (excludes halogenated alkanes) is 1. The highest BCUT2D eigenvalue weighted by Gasteiger charge is 2.25. The zero-order valence-corrected chi connectivity index (χ0v) is 13.3. The molecule has 0 aliphatic carbocycles. The standard InChI is InChI=1S/C16H25NO4/c1-5-7-10-17(3)15(16(18)19)12-8-9-13(20-4)14(11-12)21-6-2/h8-9,11,15H,5-7,10H2,1-4H3,(H,18,19). The van der Waals surface area contributed by atoms with Gasteiger partial charge in [0.15, 0.2) is 11.5 Å². The molecule has 1 unspecified atom stereocenters. The van der Waals surface area contributed by atoms with Crippen LogP contribution in [0.4, 0.5) is 0 Å². The Bertz CT molecular complexity index is 462. The van der Waals surface area contributed by atoms with Crippen LogP contribution >= 0.6 is 0 Å². The van der Waals surface area contributed by atoms with Crippen molar-refractivity contribution < 1.29 is 19.4 Å². The average molecular weight is 295 g/mol. The molecular formula is C16H25NO4. The molecule has 0 heterocycles. The van der Waals surface area contributed by atoms with Crippen LogP contribution in [0.3, 0.4) is 0 Å². The molecule has 0 bridgehead atoms. The number of hydrogen-bond donors (Lipinski definition) is 1. The van der Waals surface area contributed by atoms with Crippen molar-refractivity contribution in [1.29, 1.82) is 0 Å². The lowest BCUT2D eigenvalue weighted by Crippen LogP contribution is -2.31. The maximum Gasteiger partial charge on any atom is 0.325 e. The molecule has 0 radical (unpaired) electrons. The molecule has 0 aliphatic rings. The molecule has 5 heteroatoms. The monoisotopic (exact) mass is 295 g/mol. The number of ether oxygens (including phenoxy) is 2. The van der Waals surface area contributed by atoms with E-state index in [0.29, 0.717) is 23.7 Å². The average Bonchev–Trinajstić information content (AvgIpc) is 2.45. The van der Waals surface area contributed by atoms with E-state index in [1.807, 2.05) is 18.9 Å². The van der Waals surface area contributed by atoms with Crippen molar-refractivity contribution in [3.05, 3.63) is 23.8 Å². The van der Waals surface area contributed by atoms with Crippen molar-refractivity contribution in [3.63, 3.8) is 0 Å². The van der Waals surface area contributed by atoms with Gasteiger partial charge in [-0.05, 0) is 44.6 Å². The summed E-state index contributed by atoms with van der Waals surface area (Å²) >= 11 is 0. The molecule has 0 aromatic heterocycles. The predicted molar refractivity (Wildman–Crippen MR) is 82.1 cm³/mol. The molecule has 0 amide bonds. The van der Waals surface area contributed by atoms with Gasteiger partial charge in [-0.25, -0.2) is 0 Å². The number of carbonyl (C=O) groups is 1. The van der Waals surface area contributed by atoms with Crippen LogP contribution in [0.5, 0.6) is 11.5 Å². The van der Waals surface area contributed by atoms with E-state index >= 15 is 0 Å². The molecule has 1 rings (SSSR count). The van der Waals surface area contributed by atoms with Crippen LogP contribution in [0.15, 0.2) is 18.2 Å². The summed E-state index contributed by atoms with van der Waals surface area (Å²) in [5.41, 5.74) is 0.699. The first-order valence-electron chi connectivity index (χ1n) is 7.28. The van der Waals surface area contributed by atoms with Gasteiger partial charge in [0, 0.05) is 0 Å². The molecule has 0 saturated carbocycles. The lowest BCUT2D eigenvalue weighted by Gasteiger charge is -2.25. The summed E-state index contributed by atoms with van der Waals surface area (Å²) in [4.78, 5) is 13.5. The fourth-order valence-electron chi connectivity index (χ4n) is 2.25. The Morgan fingerprint density at radius 3 is 2.57 bits per heavy atom. The normalized spacial score (nSPS) is 12.2. The lowest BCUT2D eigenvalue weighted by molar-refractivity contribution is -0.143. The number of rotatable bonds is 9. The third-order valence-corrected chi connectivity index (χ3v) is 3.34. The molecule has 1 N–H and O–H groups in total.